The monoisotopic (exact) mass is 367 g/mol. The summed E-state index contributed by atoms with van der Waals surface area (Å²) in [6, 6.07) is 5.37. The van der Waals surface area contributed by atoms with Crippen LogP contribution in [0.2, 0.25) is 0 Å². The highest BCUT2D eigenvalue weighted by molar-refractivity contribution is 7.93. The molecule has 2 heterocycles. The van der Waals surface area contributed by atoms with E-state index < -0.39 is 15.6 Å². The molecule has 8 heteroatoms. The molecule has 0 aliphatic carbocycles. The van der Waals surface area contributed by atoms with Crippen molar-refractivity contribution in [3.8, 4) is 0 Å². The first kappa shape index (κ1) is 18.2. The fraction of sp³-hybridized carbons (Fsp3) is 0.588. The van der Waals surface area contributed by atoms with E-state index in [0.29, 0.717) is 37.2 Å². The highest BCUT2D eigenvalue weighted by Crippen LogP contribution is 2.31. The van der Waals surface area contributed by atoms with Crippen molar-refractivity contribution in [1.82, 2.24) is 5.32 Å². The molecule has 1 aromatic rings. The fourth-order valence-corrected chi connectivity index (χ4v) is 5.08. The first-order chi connectivity index (χ1) is 11.9. The Morgan fingerprint density at radius 2 is 2.04 bits per heavy atom. The third-order valence-corrected chi connectivity index (χ3v) is 6.91. The second-order valence-corrected chi connectivity index (χ2v) is 8.66. The number of nitrogens with zero attached hydrogens (tertiary/aromatic N) is 1. The summed E-state index contributed by atoms with van der Waals surface area (Å²) in [5, 5.41) is 6.13. The Hall–Kier alpha value is -1.64. The number of carbonyl (C=O) groups is 1. The molecular weight excluding hydrogens is 342 g/mol. The Morgan fingerprint density at radius 1 is 1.32 bits per heavy atom. The number of hydrogen-bond acceptors (Lipinski definition) is 5. The smallest absolute Gasteiger partial charge is 0.256 e. The van der Waals surface area contributed by atoms with Gasteiger partial charge in [0.15, 0.2) is 0 Å². The second-order valence-electron chi connectivity index (χ2n) is 6.65. The van der Waals surface area contributed by atoms with Gasteiger partial charge >= 0.3 is 0 Å². The minimum Gasteiger partial charge on any atom is -0.368 e. The van der Waals surface area contributed by atoms with E-state index in [-0.39, 0.29) is 11.7 Å². The van der Waals surface area contributed by atoms with Gasteiger partial charge in [0.2, 0.25) is 10.0 Å². The van der Waals surface area contributed by atoms with Gasteiger partial charge in [0.05, 0.1) is 11.4 Å². The van der Waals surface area contributed by atoms with Crippen LogP contribution in [0.15, 0.2) is 18.2 Å². The Bertz CT molecular complexity index is 757. The van der Waals surface area contributed by atoms with Crippen molar-refractivity contribution in [2.24, 2.45) is 0 Å². The molecule has 0 atom stereocenters. The number of methoxy groups -OCH3 is 1. The number of hydrogen-bond donors (Lipinski definition) is 2. The summed E-state index contributed by atoms with van der Waals surface area (Å²) in [4.78, 5) is 12.8. The van der Waals surface area contributed by atoms with E-state index in [9.17, 15) is 13.2 Å². The van der Waals surface area contributed by atoms with E-state index in [1.54, 1.807) is 19.2 Å². The predicted molar refractivity (Wildman–Crippen MR) is 97.4 cm³/mol. The maximum Gasteiger partial charge on any atom is 0.256 e. The van der Waals surface area contributed by atoms with Crippen LogP contribution >= 0.6 is 0 Å². The largest absolute Gasteiger partial charge is 0.368 e. The van der Waals surface area contributed by atoms with Crippen LogP contribution in [0.4, 0.5) is 11.4 Å². The summed E-state index contributed by atoms with van der Waals surface area (Å²) in [5.74, 6) is -0.0152. The Labute approximate surface area is 148 Å². The molecule has 2 fully saturated rings. The van der Waals surface area contributed by atoms with Crippen LogP contribution in [0, 0.1) is 6.92 Å². The topological polar surface area (TPSA) is 87.7 Å². The van der Waals surface area contributed by atoms with Gasteiger partial charge in [0.25, 0.3) is 5.91 Å². The van der Waals surface area contributed by atoms with Gasteiger partial charge in [-0.1, -0.05) is 6.07 Å². The lowest BCUT2D eigenvalue weighted by Gasteiger charge is -2.34. The number of aryl methyl sites for hydroxylation is 1. The Balaban J connectivity index is 1.84. The van der Waals surface area contributed by atoms with Crippen LogP contribution in [-0.2, 0) is 19.6 Å². The van der Waals surface area contributed by atoms with Gasteiger partial charge in [-0.15, -0.1) is 0 Å². The van der Waals surface area contributed by atoms with E-state index in [2.05, 4.69) is 10.6 Å². The van der Waals surface area contributed by atoms with Crippen LogP contribution in [0.25, 0.3) is 0 Å². The van der Waals surface area contributed by atoms with Gasteiger partial charge in [-0.3, -0.25) is 9.10 Å². The van der Waals surface area contributed by atoms with Crippen LogP contribution in [0.3, 0.4) is 0 Å². The van der Waals surface area contributed by atoms with Crippen molar-refractivity contribution >= 4 is 27.3 Å². The van der Waals surface area contributed by atoms with Gasteiger partial charge < -0.3 is 15.4 Å². The number of benzene rings is 1. The average Bonchev–Trinajstić information content (AvgIpc) is 2.96. The molecule has 0 saturated carbocycles. The second kappa shape index (κ2) is 6.93. The molecular formula is C17H25N3O4S. The molecule has 0 unspecified atom stereocenters. The van der Waals surface area contributed by atoms with Crippen molar-refractivity contribution in [2.75, 3.05) is 42.1 Å². The summed E-state index contributed by atoms with van der Waals surface area (Å²) in [6.07, 6.45) is 1.83. The lowest BCUT2D eigenvalue weighted by atomic mass is 9.91. The summed E-state index contributed by atoms with van der Waals surface area (Å²) in [7, 11) is -1.70. The highest BCUT2D eigenvalue weighted by Gasteiger charge is 2.40. The minimum absolute atomic E-state index is 0.169. The molecule has 0 spiro atoms. The molecule has 1 aromatic carbocycles. The number of amides is 1. The SMILES string of the molecule is COC1(C(=O)Nc2ccc(C)c(N3CCCS3(=O)=O)c2)CCNCC1. The summed E-state index contributed by atoms with van der Waals surface area (Å²) in [5.41, 5.74) is 1.25. The van der Waals surface area contributed by atoms with Crippen molar-refractivity contribution in [3.05, 3.63) is 23.8 Å². The van der Waals surface area contributed by atoms with Crippen molar-refractivity contribution in [1.29, 1.82) is 0 Å². The molecule has 138 valence electrons. The number of anilines is 2. The summed E-state index contributed by atoms with van der Waals surface area (Å²) in [6.45, 7) is 3.81. The standard InChI is InChI=1S/C17H25N3O4S/c1-13-4-5-14(12-15(13)20-10-3-11-25(20,22)23)19-16(21)17(24-2)6-8-18-9-7-17/h4-5,12,18H,3,6-11H2,1-2H3,(H,19,21). The van der Waals surface area contributed by atoms with Gasteiger partial charge in [-0.2, -0.15) is 0 Å². The normalized spacial score (nSPS) is 21.9. The van der Waals surface area contributed by atoms with Crippen LogP contribution < -0.4 is 14.9 Å². The molecule has 1 amide bonds. The molecule has 2 saturated heterocycles. The number of sulfonamides is 1. The third kappa shape index (κ3) is 3.51. The van der Waals surface area contributed by atoms with E-state index in [0.717, 1.165) is 18.7 Å². The van der Waals surface area contributed by atoms with Crippen molar-refractivity contribution < 1.29 is 17.9 Å². The average molecular weight is 367 g/mol. The van der Waals surface area contributed by atoms with E-state index in [4.69, 9.17) is 4.74 Å². The first-order valence-electron chi connectivity index (χ1n) is 8.56. The number of carbonyl (C=O) groups excluding carboxylic acids is 1. The molecule has 7 nitrogen and oxygen atoms in total. The molecule has 0 radical (unpaired) electrons. The van der Waals surface area contributed by atoms with E-state index in [1.165, 1.54) is 4.31 Å². The molecule has 25 heavy (non-hydrogen) atoms. The number of rotatable bonds is 4. The molecule has 3 rings (SSSR count). The van der Waals surface area contributed by atoms with Crippen molar-refractivity contribution in [3.63, 3.8) is 0 Å². The molecule has 2 aliphatic heterocycles. The van der Waals surface area contributed by atoms with Crippen LogP contribution in [-0.4, -0.2) is 52.4 Å². The zero-order valence-corrected chi connectivity index (χ0v) is 15.5. The predicted octanol–water partition coefficient (Wildman–Crippen LogP) is 1.24. The quantitative estimate of drug-likeness (QED) is 0.836. The maximum atomic E-state index is 12.8. The Morgan fingerprint density at radius 3 is 2.64 bits per heavy atom. The fourth-order valence-electron chi connectivity index (χ4n) is 3.47. The minimum atomic E-state index is -3.26. The zero-order chi connectivity index (χ0) is 18.1. The first-order valence-corrected chi connectivity index (χ1v) is 10.2. The van der Waals surface area contributed by atoms with Gasteiger partial charge in [-0.05, 0) is 57.0 Å². The van der Waals surface area contributed by atoms with Crippen LogP contribution in [0.1, 0.15) is 24.8 Å². The number of nitrogens with one attached hydrogen (secondary N) is 2. The van der Waals surface area contributed by atoms with Crippen molar-refractivity contribution in [2.45, 2.75) is 31.8 Å². The van der Waals surface area contributed by atoms with Gasteiger partial charge in [0.1, 0.15) is 5.60 Å². The lowest BCUT2D eigenvalue weighted by molar-refractivity contribution is -0.140. The zero-order valence-electron chi connectivity index (χ0n) is 14.7. The van der Waals surface area contributed by atoms with Crippen LogP contribution in [0.5, 0.6) is 0 Å². The van der Waals surface area contributed by atoms with Gasteiger partial charge in [-0.25, -0.2) is 8.42 Å². The Kier molecular flexibility index (Phi) is 5.04. The maximum absolute atomic E-state index is 12.8. The lowest BCUT2D eigenvalue weighted by Crippen LogP contribution is -2.51. The van der Waals surface area contributed by atoms with E-state index >= 15 is 0 Å². The molecule has 2 aliphatic rings. The van der Waals surface area contributed by atoms with E-state index in [1.807, 2.05) is 13.0 Å². The highest BCUT2D eigenvalue weighted by atomic mass is 32.2. The molecule has 0 aromatic heterocycles. The summed E-state index contributed by atoms with van der Waals surface area (Å²) >= 11 is 0. The molecule has 2 N–H and O–H groups in total. The third-order valence-electron chi connectivity index (χ3n) is 5.05. The number of piperidine rings is 1. The molecule has 0 bridgehead atoms. The van der Waals surface area contributed by atoms with Gasteiger partial charge in [0, 0.05) is 19.3 Å². The number of ether oxygens (including phenoxy) is 1. The summed E-state index contributed by atoms with van der Waals surface area (Å²) < 4.78 is 31.4.